The number of nitrogens with one attached hydrogen (secondary N) is 1. The maximum atomic E-state index is 12.7. The first-order chi connectivity index (χ1) is 13.2. The zero-order valence-electron chi connectivity index (χ0n) is 17.7. The number of imidazole rings is 1. The number of alkyl halides is 3. The second kappa shape index (κ2) is 12.0. The summed E-state index contributed by atoms with van der Waals surface area (Å²) < 4.78 is 40.2. The molecule has 1 aliphatic rings. The number of nitrogens with zero attached hydrogens (tertiary/aromatic N) is 5. The SMILES string of the molecule is CCN(CC1CCN(C(=NC)NCc2nccn2CC(C)C)C1)CC(F)(F)F.I. The quantitative estimate of drug-likeness (QED) is 0.318. The van der Waals surface area contributed by atoms with Gasteiger partial charge < -0.3 is 14.8 Å². The Kier molecular flexibility index (Phi) is 10.7. The molecule has 2 heterocycles. The van der Waals surface area contributed by atoms with Gasteiger partial charge in [0.2, 0.25) is 0 Å². The van der Waals surface area contributed by atoms with Crippen LogP contribution in [0.4, 0.5) is 13.2 Å². The standard InChI is InChI=1S/C19H33F3N6.HI/c1-5-26(14-19(20,21)22)12-16-6-8-28(13-16)18(23-4)25-10-17-24-7-9-27(17)11-15(2)3;/h7,9,15-16H,5-6,8,10-14H2,1-4H3,(H,23,25);1H. The number of halogens is 4. The molecule has 1 unspecified atom stereocenters. The fourth-order valence-corrected chi connectivity index (χ4v) is 3.66. The lowest BCUT2D eigenvalue weighted by atomic mass is 10.1. The van der Waals surface area contributed by atoms with Crippen LogP contribution in [0.3, 0.4) is 0 Å². The van der Waals surface area contributed by atoms with E-state index in [4.69, 9.17) is 0 Å². The molecule has 1 aliphatic heterocycles. The van der Waals surface area contributed by atoms with Crippen LogP contribution in [0.5, 0.6) is 0 Å². The second-order valence-corrected chi connectivity index (χ2v) is 7.83. The van der Waals surface area contributed by atoms with Gasteiger partial charge in [-0.1, -0.05) is 20.8 Å². The molecular weight excluding hydrogens is 496 g/mol. The second-order valence-electron chi connectivity index (χ2n) is 7.83. The molecule has 0 saturated carbocycles. The fourth-order valence-electron chi connectivity index (χ4n) is 3.66. The van der Waals surface area contributed by atoms with Crippen molar-refractivity contribution in [1.29, 1.82) is 0 Å². The topological polar surface area (TPSA) is 48.7 Å². The molecule has 2 rings (SSSR count). The number of likely N-dealkylation sites (tertiary alicyclic amines) is 1. The Morgan fingerprint density at radius 3 is 2.72 bits per heavy atom. The minimum atomic E-state index is -4.15. The smallest absolute Gasteiger partial charge is 0.349 e. The van der Waals surface area contributed by atoms with Crippen LogP contribution in [-0.2, 0) is 13.1 Å². The zero-order valence-corrected chi connectivity index (χ0v) is 20.1. The first-order valence-electron chi connectivity index (χ1n) is 9.96. The monoisotopic (exact) mass is 530 g/mol. The molecule has 168 valence electrons. The Balaban J connectivity index is 0.00000420. The van der Waals surface area contributed by atoms with Crippen molar-refractivity contribution in [2.24, 2.45) is 16.8 Å². The molecule has 0 radical (unpaired) electrons. The minimum Gasteiger partial charge on any atom is -0.349 e. The molecule has 1 N–H and O–H groups in total. The highest BCUT2D eigenvalue weighted by atomic mass is 127. The molecule has 1 saturated heterocycles. The van der Waals surface area contributed by atoms with E-state index in [2.05, 4.69) is 38.6 Å². The van der Waals surface area contributed by atoms with Crippen LogP contribution in [-0.4, -0.2) is 71.3 Å². The molecule has 0 amide bonds. The van der Waals surface area contributed by atoms with Crippen molar-refractivity contribution in [2.45, 2.75) is 46.5 Å². The van der Waals surface area contributed by atoms with Crippen LogP contribution in [0.15, 0.2) is 17.4 Å². The van der Waals surface area contributed by atoms with Crippen molar-refractivity contribution in [3.8, 4) is 0 Å². The van der Waals surface area contributed by atoms with Crippen molar-refractivity contribution in [3.63, 3.8) is 0 Å². The summed E-state index contributed by atoms with van der Waals surface area (Å²) in [6, 6.07) is 0. The number of guanidine groups is 1. The lowest BCUT2D eigenvalue weighted by Gasteiger charge is -2.26. The molecule has 1 aromatic rings. The lowest BCUT2D eigenvalue weighted by Crippen LogP contribution is -2.41. The van der Waals surface area contributed by atoms with E-state index in [1.807, 2.05) is 6.20 Å². The third-order valence-corrected chi connectivity index (χ3v) is 4.93. The molecule has 0 spiro atoms. The van der Waals surface area contributed by atoms with Crippen molar-refractivity contribution in [1.82, 2.24) is 24.7 Å². The molecule has 0 aromatic carbocycles. The van der Waals surface area contributed by atoms with Gasteiger partial charge in [0.1, 0.15) is 5.82 Å². The molecule has 1 atom stereocenters. The van der Waals surface area contributed by atoms with E-state index in [1.165, 1.54) is 4.90 Å². The van der Waals surface area contributed by atoms with E-state index >= 15 is 0 Å². The fraction of sp³-hybridized carbons (Fsp3) is 0.789. The van der Waals surface area contributed by atoms with Crippen LogP contribution < -0.4 is 5.32 Å². The summed E-state index contributed by atoms with van der Waals surface area (Å²) in [5.74, 6) is 2.47. The molecular formula is C19H34F3IN6. The van der Waals surface area contributed by atoms with E-state index in [0.717, 1.165) is 31.3 Å². The van der Waals surface area contributed by atoms with Gasteiger partial charge in [-0.05, 0) is 24.8 Å². The molecule has 10 heteroatoms. The average molecular weight is 530 g/mol. The third kappa shape index (κ3) is 8.69. The van der Waals surface area contributed by atoms with Crippen LogP contribution in [0, 0.1) is 11.8 Å². The molecule has 1 aromatic heterocycles. The normalized spacial score (nSPS) is 17.9. The van der Waals surface area contributed by atoms with Crippen LogP contribution in [0.1, 0.15) is 33.0 Å². The molecule has 0 aliphatic carbocycles. The first kappa shape index (κ1) is 26.0. The van der Waals surface area contributed by atoms with E-state index < -0.39 is 12.7 Å². The van der Waals surface area contributed by atoms with E-state index in [-0.39, 0.29) is 29.9 Å². The van der Waals surface area contributed by atoms with Crippen molar-refractivity contribution >= 4 is 29.9 Å². The van der Waals surface area contributed by atoms with Gasteiger partial charge >= 0.3 is 6.18 Å². The summed E-state index contributed by atoms with van der Waals surface area (Å²) in [5, 5.41) is 3.35. The Hall–Kier alpha value is -1.04. The summed E-state index contributed by atoms with van der Waals surface area (Å²) in [6.45, 7) is 9.13. The summed E-state index contributed by atoms with van der Waals surface area (Å²) in [5.41, 5.74) is 0. The highest BCUT2D eigenvalue weighted by Crippen LogP contribution is 2.21. The predicted molar refractivity (Wildman–Crippen MR) is 121 cm³/mol. The third-order valence-electron chi connectivity index (χ3n) is 4.93. The maximum absolute atomic E-state index is 12.7. The van der Waals surface area contributed by atoms with E-state index in [9.17, 15) is 13.2 Å². The molecule has 29 heavy (non-hydrogen) atoms. The molecule has 0 bridgehead atoms. The van der Waals surface area contributed by atoms with Gasteiger partial charge in [-0.2, -0.15) is 13.2 Å². The Bertz CT molecular complexity index is 632. The van der Waals surface area contributed by atoms with Crippen LogP contribution >= 0.6 is 24.0 Å². The highest BCUT2D eigenvalue weighted by Gasteiger charge is 2.33. The van der Waals surface area contributed by atoms with Gasteiger partial charge in [0, 0.05) is 45.6 Å². The van der Waals surface area contributed by atoms with Gasteiger partial charge in [0.15, 0.2) is 5.96 Å². The Morgan fingerprint density at radius 2 is 2.14 bits per heavy atom. The molecule has 6 nitrogen and oxygen atoms in total. The van der Waals surface area contributed by atoms with Crippen molar-refractivity contribution in [3.05, 3.63) is 18.2 Å². The van der Waals surface area contributed by atoms with Gasteiger partial charge in [0.25, 0.3) is 0 Å². The number of hydrogen-bond acceptors (Lipinski definition) is 3. The largest absolute Gasteiger partial charge is 0.401 e. The Morgan fingerprint density at radius 1 is 1.41 bits per heavy atom. The molecule has 1 fully saturated rings. The van der Waals surface area contributed by atoms with Gasteiger partial charge in [-0.25, -0.2) is 4.98 Å². The van der Waals surface area contributed by atoms with Crippen LogP contribution in [0.2, 0.25) is 0 Å². The number of rotatable bonds is 8. The lowest BCUT2D eigenvalue weighted by molar-refractivity contribution is -0.146. The predicted octanol–water partition coefficient (Wildman–Crippen LogP) is 3.44. The summed E-state index contributed by atoms with van der Waals surface area (Å²) in [4.78, 5) is 12.4. The zero-order chi connectivity index (χ0) is 20.7. The van der Waals surface area contributed by atoms with Crippen molar-refractivity contribution < 1.29 is 13.2 Å². The maximum Gasteiger partial charge on any atom is 0.401 e. The van der Waals surface area contributed by atoms with Gasteiger partial charge in [-0.3, -0.25) is 9.89 Å². The number of aromatic nitrogens is 2. The van der Waals surface area contributed by atoms with E-state index in [0.29, 0.717) is 32.1 Å². The first-order valence-corrected chi connectivity index (χ1v) is 9.96. The minimum absolute atomic E-state index is 0. The Labute approximate surface area is 189 Å². The van der Waals surface area contributed by atoms with Gasteiger partial charge in [-0.15, -0.1) is 24.0 Å². The summed E-state index contributed by atoms with van der Waals surface area (Å²) in [7, 11) is 1.73. The van der Waals surface area contributed by atoms with Gasteiger partial charge in [0.05, 0.1) is 13.1 Å². The average Bonchev–Trinajstić information content (AvgIpc) is 3.23. The summed E-state index contributed by atoms with van der Waals surface area (Å²) >= 11 is 0. The number of hydrogen-bond donors (Lipinski definition) is 1. The van der Waals surface area contributed by atoms with Crippen molar-refractivity contribution in [2.75, 3.05) is 39.8 Å². The van der Waals surface area contributed by atoms with E-state index in [1.54, 1.807) is 20.2 Å². The highest BCUT2D eigenvalue weighted by molar-refractivity contribution is 14.0. The summed E-state index contributed by atoms with van der Waals surface area (Å²) in [6.07, 6.45) is 0.500. The van der Waals surface area contributed by atoms with Crippen LogP contribution in [0.25, 0.3) is 0 Å². The number of aliphatic imine (C=N–C) groups is 1.